The van der Waals surface area contributed by atoms with Crippen molar-refractivity contribution in [3.8, 4) is 0 Å². The monoisotopic (exact) mass is 245 g/mol. The molecular weight excluding hydrogens is 226 g/mol. The molecule has 2 atom stereocenters. The zero-order valence-corrected chi connectivity index (χ0v) is 10.9. The molecule has 18 heavy (non-hydrogen) atoms. The Balaban J connectivity index is 1.95. The molecule has 4 nitrogen and oxygen atoms in total. The molecule has 96 valence electrons. The summed E-state index contributed by atoms with van der Waals surface area (Å²) in [5.74, 6) is 0.724. The number of nitrogens with one attached hydrogen (secondary N) is 2. The van der Waals surface area contributed by atoms with E-state index < -0.39 is 0 Å². The maximum absolute atomic E-state index is 5.51. The van der Waals surface area contributed by atoms with Gasteiger partial charge in [-0.2, -0.15) is 0 Å². The highest BCUT2D eigenvalue weighted by Crippen LogP contribution is 2.26. The molecule has 0 bridgehead atoms. The van der Waals surface area contributed by atoms with Crippen molar-refractivity contribution in [1.29, 1.82) is 0 Å². The first-order chi connectivity index (χ1) is 8.78. The Kier molecular flexibility index (Phi) is 3.06. The van der Waals surface area contributed by atoms with Crippen LogP contribution in [0.4, 0.5) is 0 Å². The average molecular weight is 245 g/mol. The van der Waals surface area contributed by atoms with Gasteiger partial charge in [-0.05, 0) is 44.1 Å². The summed E-state index contributed by atoms with van der Waals surface area (Å²) in [4.78, 5) is 4.40. The molecule has 0 saturated carbocycles. The average Bonchev–Trinajstić information content (AvgIpc) is 2.97. The highest BCUT2D eigenvalue weighted by molar-refractivity contribution is 5.73. The zero-order valence-electron chi connectivity index (χ0n) is 10.9. The van der Waals surface area contributed by atoms with Gasteiger partial charge in [0.1, 0.15) is 5.52 Å². The molecule has 3 rings (SSSR count). The zero-order chi connectivity index (χ0) is 12.5. The molecule has 0 aliphatic carbocycles. The standard InChI is InChI=1S/C14H19N3O/c1-9-17-12-8-10(5-6-13(12)18-9)14(15-2)11-4-3-7-16-11/h5-6,8,11,14-16H,3-4,7H2,1-2H3. The van der Waals surface area contributed by atoms with Crippen LogP contribution in [0, 0.1) is 6.92 Å². The lowest BCUT2D eigenvalue weighted by molar-refractivity contribution is 0.441. The Morgan fingerprint density at radius 3 is 3.11 bits per heavy atom. The summed E-state index contributed by atoms with van der Waals surface area (Å²) in [6.07, 6.45) is 2.48. The van der Waals surface area contributed by atoms with Gasteiger partial charge in [0.25, 0.3) is 0 Å². The van der Waals surface area contributed by atoms with E-state index in [4.69, 9.17) is 4.42 Å². The van der Waals surface area contributed by atoms with Gasteiger partial charge in [0.05, 0.1) is 0 Å². The van der Waals surface area contributed by atoms with Crippen molar-refractivity contribution in [2.75, 3.05) is 13.6 Å². The number of likely N-dealkylation sites (N-methyl/N-ethyl adjacent to an activating group) is 1. The fourth-order valence-electron chi connectivity index (χ4n) is 2.85. The van der Waals surface area contributed by atoms with Gasteiger partial charge in [-0.15, -0.1) is 0 Å². The molecule has 1 aromatic heterocycles. The van der Waals surface area contributed by atoms with Crippen molar-refractivity contribution in [1.82, 2.24) is 15.6 Å². The van der Waals surface area contributed by atoms with Crippen molar-refractivity contribution in [2.24, 2.45) is 0 Å². The number of oxazole rings is 1. The van der Waals surface area contributed by atoms with E-state index >= 15 is 0 Å². The molecule has 1 saturated heterocycles. The summed E-state index contributed by atoms with van der Waals surface area (Å²) in [6, 6.07) is 7.14. The van der Waals surface area contributed by atoms with Crippen LogP contribution in [-0.4, -0.2) is 24.6 Å². The van der Waals surface area contributed by atoms with Crippen LogP contribution in [0.3, 0.4) is 0 Å². The van der Waals surface area contributed by atoms with Gasteiger partial charge in [0.2, 0.25) is 0 Å². The normalized spacial score (nSPS) is 21.6. The first kappa shape index (κ1) is 11.7. The highest BCUT2D eigenvalue weighted by Gasteiger charge is 2.24. The summed E-state index contributed by atoms with van der Waals surface area (Å²) >= 11 is 0. The molecule has 0 amide bonds. The molecule has 2 heterocycles. The van der Waals surface area contributed by atoms with Gasteiger partial charge < -0.3 is 15.1 Å². The number of rotatable bonds is 3. The van der Waals surface area contributed by atoms with Gasteiger partial charge in [0, 0.05) is 19.0 Å². The Morgan fingerprint density at radius 2 is 2.39 bits per heavy atom. The topological polar surface area (TPSA) is 50.1 Å². The number of benzene rings is 1. The van der Waals surface area contributed by atoms with E-state index in [0.29, 0.717) is 12.1 Å². The van der Waals surface area contributed by atoms with Crippen molar-refractivity contribution >= 4 is 11.1 Å². The van der Waals surface area contributed by atoms with Crippen LogP contribution in [-0.2, 0) is 0 Å². The Bertz CT molecular complexity index is 543. The van der Waals surface area contributed by atoms with E-state index in [9.17, 15) is 0 Å². The number of aryl methyl sites for hydroxylation is 1. The molecule has 2 aromatic rings. The lowest BCUT2D eigenvalue weighted by atomic mass is 9.98. The summed E-state index contributed by atoms with van der Waals surface area (Å²) < 4.78 is 5.51. The molecule has 1 aliphatic heterocycles. The summed E-state index contributed by atoms with van der Waals surface area (Å²) in [6.45, 7) is 3.00. The molecule has 4 heteroatoms. The third kappa shape index (κ3) is 2.02. The second kappa shape index (κ2) is 4.71. The highest BCUT2D eigenvalue weighted by atomic mass is 16.3. The van der Waals surface area contributed by atoms with E-state index in [0.717, 1.165) is 23.5 Å². The van der Waals surface area contributed by atoms with Crippen molar-refractivity contribution < 1.29 is 4.42 Å². The third-order valence-corrected chi connectivity index (χ3v) is 3.69. The smallest absolute Gasteiger partial charge is 0.192 e. The summed E-state index contributed by atoms with van der Waals surface area (Å²) in [5.41, 5.74) is 3.09. The molecule has 2 unspecified atom stereocenters. The van der Waals surface area contributed by atoms with Crippen molar-refractivity contribution in [2.45, 2.75) is 31.8 Å². The Morgan fingerprint density at radius 1 is 1.50 bits per heavy atom. The fraction of sp³-hybridized carbons (Fsp3) is 0.500. The largest absolute Gasteiger partial charge is 0.441 e. The van der Waals surface area contributed by atoms with Crippen molar-refractivity contribution in [3.05, 3.63) is 29.7 Å². The molecule has 1 aliphatic rings. The third-order valence-electron chi connectivity index (χ3n) is 3.69. The molecule has 1 aromatic carbocycles. The lowest BCUT2D eigenvalue weighted by Crippen LogP contribution is -2.36. The van der Waals surface area contributed by atoms with Crippen LogP contribution in [0.25, 0.3) is 11.1 Å². The second-order valence-electron chi connectivity index (χ2n) is 4.93. The number of hydrogen-bond acceptors (Lipinski definition) is 4. The van der Waals surface area contributed by atoms with Crippen molar-refractivity contribution in [3.63, 3.8) is 0 Å². The minimum Gasteiger partial charge on any atom is -0.441 e. The number of aromatic nitrogens is 1. The van der Waals surface area contributed by atoms with E-state index in [-0.39, 0.29) is 0 Å². The number of nitrogens with zero attached hydrogens (tertiary/aromatic N) is 1. The van der Waals surface area contributed by atoms with E-state index in [1.165, 1.54) is 18.4 Å². The predicted molar refractivity (Wildman–Crippen MR) is 71.6 cm³/mol. The van der Waals surface area contributed by atoms with Gasteiger partial charge in [-0.3, -0.25) is 0 Å². The second-order valence-corrected chi connectivity index (χ2v) is 4.93. The molecule has 0 spiro atoms. The lowest BCUT2D eigenvalue weighted by Gasteiger charge is -2.23. The van der Waals surface area contributed by atoms with E-state index in [1.807, 2.05) is 20.0 Å². The van der Waals surface area contributed by atoms with Gasteiger partial charge in [-0.25, -0.2) is 4.98 Å². The van der Waals surface area contributed by atoms with Gasteiger partial charge >= 0.3 is 0 Å². The van der Waals surface area contributed by atoms with Crippen LogP contribution in [0.1, 0.15) is 30.3 Å². The van der Waals surface area contributed by atoms with Gasteiger partial charge in [0.15, 0.2) is 11.5 Å². The number of fused-ring (bicyclic) bond motifs is 1. The maximum atomic E-state index is 5.51. The van der Waals surface area contributed by atoms with E-state index in [1.54, 1.807) is 0 Å². The minimum absolute atomic E-state index is 0.342. The predicted octanol–water partition coefficient (Wildman–Crippen LogP) is 2.15. The maximum Gasteiger partial charge on any atom is 0.192 e. The summed E-state index contributed by atoms with van der Waals surface area (Å²) in [5, 5.41) is 6.96. The van der Waals surface area contributed by atoms with Crippen LogP contribution in [0.2, 0.25) is 0 Å². The SMILES string of the molecule is CNC(c1ccc2oc(C)nc2c1)C1CCCN1. The van der Waals surface area contributed by atoms with Crippen LogP contribution in [0.5, 0.6) is 0 Å². The van der Waals surface area contributed by atoms with Crippen LogP contribution < -0.4 is 10.6 Å². The minimum atomic E-state index is 0.342. The summed E-state index contributed by atoms with van der Waals surface area (Å²) in [7, 11) is 2.02. The molecule has 2 N–H and O–H groups in total. The van der Waals surface area contributed by atoms with Gasteiger partial charge in [-0.1, -0.05) is 6.07 Å². The Labute approximate surface area is 107 Å². The fourth-order valence-corrected chi connectivity index (χ4v) is 2.85. The Hall–Kier alpha value is -1.39. The number of hydrogen-bond donors (Lipinski definition) is 2. The first-order valence-electron chi connectivity index (χ1n) is 6.55. The van der Waals surface area contributed by atoms with Crippen LogP contribution >= 0.6 is 0 Å². The quantitative estimate of drug-likeness (QED) is 0.870. The first-order valence-corrected chi connectivity index (χ1v) is 6.55. The molecule has 0 radical (unpaired) electrons. The van der Waals surface area contributed by atoms with Crippen LogP contribution in [0.15, 0.2) is 22.6 Å². The van der Waals surface area contributed by atoms with E-state index in [2.05, 4.69) is 27.8 Å². The molecule has 1 fully saturated rings. The molecular formula is C14H19N3O.